The van der Waals surface area contributed by atoms with Crippen molar-refractivity contribution in [3.63, 3.8) is 0 Å². The largest absolute Gasteiger partial charge is 0.199 e. The molecule has 0 saturated carbocycles. The van der Waals surface area contributed by atoms with Crippen LogP contribution in [0, 0.1) is 22.7 Å². The van der Waals surface area contributed by atoms with E-state index in [4.69, 9.17) is 11.8 Å². The van der Waals surface area contributed by atoms with E-state index in [0.29, 0.717) is 10.8 Å². The number of hydrogen-bond acceptors (Lipinski definition) is 1. The molecule has 116 valence electrons. The van der Waals surface area contributed by atoms with E-state index in [1.807, 2.05) is 0 Å². The molecule has 0 aromatic rings. The van der Waals surface area contributed by atoms with Gasteiger partial charge in [0, 0.05) is 6.56 Å². The summed E-state index contributed by atoms with van der Waals surface area (Å²) in [6, 6.07) is 0. The highest BCUT2D eigenvalue weighted by molar-refractivity contribution is 8.67. The summed E-state index contributed by atoms with van der Waals surface area (Å²) in [5.41, 5.74) is 0.908. The van der Waals surface area contributed by atoms with Crippen LogP contribution < -0.4 is 0 Å². The first-order valence-corrected chi connectivity index (χ1v) is 11.8. The van der Waals surface area contributed by atoms with E-state index >= 15 is 0 Å². The Morgan fingerprint density at radius 1 is 0.842 bits per heavy atom. The summed E-state index contributed by atoms with van der Waals surface area (Å²) in [7, 11) is 0.0438. The van der Waals surface area contributed by atoms with Crippen LogP contribution in [0.25, 0.3) is 0 Å². The van der Waals surface area contributed by atoms with Crippen LogP contribution >= 0.6 is 17.1 Å². The minimum Gasteiger partial charge on any atom is -0.199 e. The molecule has 0 bridgehead atoms. The van der Waals surface area contributed by atoms with Crippen LogP contribution in [0.2, 0.25) is 0 Å². The van der Waals surface area contributed by atoms with Crippen LogP contribution in [-0.2, 0) is 11.8 Å². The Labute approximate surface area is 131 Å². The molecule has 0 fully saturated rings. The van der Waals surface area contributed by atoms with Gasteiger partial charge in [-0.1, -0.05) is 55.4 Å². The van der Waals surface area contributed by atoms with E-state index < -0.39 is 0 Å². The van der Waals surface area contributed by atoms with Gasteiger partial charge in [0.2, 0.25) is 0 Å². The van der Waals surface area contributed by atoms with Gasteiger partial charge in [-0.3, -0.25) is 0 Å². The normalized spacial score (nSPS) is 19.3. The lowest BCUT2D eigenvalue weighted by molar-refractivity contribution is 0.320. The zero-order valence-corrected chi connectivity index (χ0v) is 16.9. The molecule has 0 spiro atoms. The average molecular weight is 323 g/mol. The van der Waals surface area contributed by atoms with Crippen molar-refractivity contribution in [3.05, 3.63) is 0 Å². The van der Waals surface area contributed by atoms with Crippen LogP contribution in [-0.4, -0.2) is 11.5 Å². The lowest BCUT2D eigenvalue weighted by Crippen LogP contribution is -2.16. The van der Waals surface area contributed by atoms with Crippen molar-refractivity contribution in [1.82, 2.24) is 0 Å². The van der Waals surface area contributed by atoms with Crippen LogP contribution in [0.4, 0.5) is 0 Å². The van der Waals surface area contributed by atoms with Crippen molar-refractivity contribution in [2.45, 2.75) is 68.2 Å². The van der Waals surface area contributed by atoms with E-state index in [-0.39, 0.29) is 10.5 Å². The molecule has 0 N–H and O–H groups in total. The molecule has 0 nitrogen and oxygen atoms in total. The highest BCUT2D eigenvalue weighted by atomic mass is 32.9. The Balaban J connectivity index is 4.25. The summed E-state index contributed by atoms with van der Waals surface area (Å²) < 4.78 is 0. The molecule has 0 rings (SSSR count). The van der Waals surface area contributed by atoms with Gasteiger partial charge in [-0.05, 0) is 58.8 Å². The molecule has 2 unspecified atom stereocenters. The third-order valence-corrected chi connectivity index (χ3v) is 9.15. The molecule has 3 heteroatoms. The number of hydrogen-bond donors (Lipinski definition) is 1. The van der Waals surface area contributed by atoms with Gasteiger partial charge in [0.15, 0.2) is 0 Å². The van der Waals surface area contributed by atoms with Crippen molar-refractivity contribution in [2.75, 3.05) is 11.5 Å². The Morgan fingerprint density at radius 3 is 1.37 bits per heavy atom. The second kappa shape index (κ2) is 8.35. The zero-order valence-electron chi connectivity index (χ0n) is 14.3. The van der Waals surface area contributed by atoms with Crippen LogP contribution in [0.3, 0.4) is 0 Å². The minimum atomic E-state index is 0.0438. The third kappa shape index (κ3) is 12.3. The highest BCUT2D eigenvalue weighted by Gasteiger charge is 2.20. The first kappa shape index (κ1) is 19.9. The Kier molecular flexibility index (Phi) is 8.73. The van der Waals surface area contributed by atoms with Crippen molar-refractivity contribution < 1.29 is 0 Å². The second-order valence-corrected chi connectivity index (χ2v) is 14.3. The maximum atomic E-state index is 5.39. The highest BCUT2D eigenvalue weighted by Crippen LogP contribution is 2.45. The average Bonchev–Trinajstić information content (AvgIpc) is 2.10. The summed E-state index contributed by atoms with van der Waals surface area (Å²) in [6.07, 6.45) is 2.65. The molecule has 0 saturated heterocycles. The fraction of sp³-hybridized carbons (Fsp3) is 1.00. The maximum Gasteiger partial charge on any atom is 0.0208 e. The molecule has 2 atom stereocenters. The first-order valence-electron chi connectivity index (χ1n) is 7.51. The lowest BCUT2D eigenvalue weighted by Gasteiger charge is -2.30. The summed E-state index contributed by atoms with van der Waals surface area (Å²) >= 11 is 5.39. The molecule has 0 heterocycles. The molecule has 0 aromatic carbocycles. The smallest absolute Gasteiger partial charge is 0.0208 e. The van der Waals surface area contributed by atoms with Gasteiger partial charge in [0.05, 0.1) is 0 Å². The fourth-order valence-corrected chi connectivity index (χ4v) is 8.33. The Hall–Kier alpha value is 0.870. The maximum absolute atomic E-state index is 5.39. The van der Waals surface area contributed by atoms with E-state index in [1.165, 1.54) is 30.9 Å². The predicted molar refractivity (Wildman–Crippen MR) is 99.5 cm³/mol. The summed E-state index contributed by atoms with van der Waals surface area (Å²) in [6.45, 7) is 20.1. The van der Waals surface area contributed by atoms with Gasteiger partial charge in [-0.2, -0.15) is 10.5 Å². The van der Waals surface area contributed by atoms with Crippen LogP contribution in [0.15, 0.2) is 0 Å². The molecule has 0 aliphatic heterocycles. The fourth-order valence-electron chi connectivity index (χ4n) is 3.08. The zero-order chi connectivity index (χ0) is 15.3. The minimum absolute atomic E-state index is 0.0438. The van der Waals surface area contributed by atoms with Gasteiger partial charge in [-0.25, -0.2) is 0 Å². The summed E-state index contributed by atoms with van der Waals surface area (Å²) in [5, 5.41) is 0. The Bertz CT molecular complexity index is 239. The Morgan fingerprint density at radius 2 is 1.16 bits per heavy atom. The summed E-state index contributed by atoms with van der Waals surface area (Å²) in [4.78, 5) is 0. The van der Waals surface area contributed by atoms with E-state index in [2.05, 4.69) is 55.4 Å². The van der Waals surface area contributed by atoms with E-state index in [9.17, 15) is 0 Å². The van der Waals surface area contributed by atoms with Gasteiger partial charge in [0.25, 0.3) is 0 Å². The molecule has 0 aliphatic rings. The molecule has 19 heavy (non-hydrogen) atoms. The number of thiol groups is 1. The molecule has 0 radical (unpaired) electrons. The third-order valence-electron chi connectivity index (χ3n) is 3.08. The summed E-state index contributed by atoms with van der Waals surface area (Å²) in [5.74, 6) is 4.38. The van der Waals surface area contributed by atoms with Crippen molar-refractivity contribution in [2.24, 2.45) is 22.7 Å². The monoisotopic (exact) mass is 322 g/mol. The van der Waals surface area contributed by atoms with Gasteiger partial charge < -0.3 is 0 Å². The number of rotatable bonds is 7. The van der Waals surface area contributed by atoms with Gasteiger partial charge in [-0.15, -0.1) is 0 Å². The van der Waals surface area contributed by atoms with Crippen LogP contribution in [0.1, 0.15) is 68.2 Å². The molecule has 0 aromatic heterocycles. The topological polar surface area (TPSA) is 0 Å². The lowest BCUT2D eigenvalue weighted by atomic mass is 9.86. The van der Waals surface area contributed by atoms with Crippen LogP contribution in [0.5, 0.6) is 0 Å². The second-order valence-electron chi connectivity index (χ2n) is 8.69. The van der Waals surface area contributed by atoms with Crippen molar-refractivity contribution >= 4 is 28.9 Å². The molecule has 0 aliphatic carbocycles. The van der Waals surface area contributed by atoms with E-state index in [1.54, 1.807) is 0 Å². The quantitative estimate of drug-likeness (QED) is 0.415. The SMILES string of the molecule is CC(C[SH](CC(C)CC(C)(C)C)P=S)CC(C)(C)C. The van der Waals surface area contributed by atoms with E-state index in [0.717, 1.165) is 11.8 Å². The molecule has 0 amide bonds. The first-order chi connectivity index (χ1) is 8.43. The van der Waals surface area contributed by atoms with Gasteiger partial charge >= 0.3 is 0 Å². The predicted octanol–water partition coefficient (Wildman–Crippen LogP) is 6.46. The van der Waals surface area contributed by atoms with Crippen molar-refractivity contribution in [1.29, 1.82) is 0 Å². The molecular weight excluding hydrogens is 287 g/mol. The molecular formula is C16H35PS2. The standard InChI is InChI=1S/C16H35PS2/c1-13(9-15(3,4)5)11-19(17-18)12-14(2)10-16(6,7)8/h13-14,19H,9-12H2,1-8H3. The van der Waals surface area contributed by atoms with Crippen molar-refractivity contribution in [3.8, 4) is 0 Å². The van der Waals surface area contributed by atoms with Gasteiger partial charge in [0.1, 0.15) is 0 Å².